The van der Waals surface area contributed by atoms with Crippen molar-refractivity contribution in [1.82, 2.24) is 10.3 Å². The number of carbonyl (C=O) groups excluding carboxylic acids is 1. The summed E-state index contributed by atoms with van der Waals surface area (Å²) in [6.07, 6.45) is 4.79. The van der Waals surface area contributed by atoms with Crippen LogP contribution in [0.2, 0.25) is 0 Å². The number of thioether (sulfide) groups is 1. The van der Waals surface area contributed by atoms with Crippen LogP contribution < -0.4 is 15.1 Å². The zero-order chi connectivity index (χ0) is 13.8. The molecule has 0 bridgehead atoms. The van der Waals surface area contributed by atoms with Gasteiger partial charge in [-0.15, -0.1) is 0 Å². The van der Waals surface area contributed by atoms with Gasteiger partial charge in [0, 0.05) is 23.9 Å². The molecule has 1 aliphatic heterocycles. The second kappa shape index (κ2) is 5.91. The lowest BCUT2D eigenvalue weighted by Gasteiger charge is -2.17. The topological polar surface area (TPSA) is 75.1 Å². The molecule has 1 aliphatic rings. The maximum atomic E-state index is 11.9. The average molecular weight is 292 g/mol. The fraction of sp³-hybridized carbons (Fsp3) is 0.333. The first-order valence-corrected chi connectivity index (χ1v) is 7.41. The van der Waals surface area contributed by atoms with E-state index in [0.717, 1.165) is 24.6 Å². The van der Waals surface area contributed by atoms with Gasteiger partial charge in [0.1, 0.15) is 0 Å². The Morgan fingerprint density at radius 3 is 3.05 bits per heavy atom. The second-order valence-corrected chi connectivity index (χ2v) is 5.47. The molecular formula is C12H14N5O2S+. The SMILES string of the molecule is O=C(Nc1c[n+](N2CCSCC2)no1)c1cccnc1. The Morgan fingerprint density at radius 1 is 1.45 bits per heavy atom. The summed E-state index contributed by atoms with van der Waals surface area (Å²) < 4.78 is 5.12. The Labute approximate surface area is 119 Å². The van der Waals surface area contributed by atoms with Gasteiger partial charge in [-0.05, 0) is 12.1 Å². The Morgan fingerprint density at radius 2 is 2.30 bits per heavy atom. The number of hydrogen-bond donors (Lipinski definition) is 1. The van der Waals surface area contributed by atoms with Gasteiger partial charge in [0.05, 0.1) is 23.4 Å². The van der Waals surface area contributed by atoms with E-state index in [1.807, 2.05) is 11.8 Å². The van der Waals surface area contributed by atoms with Crippen molar-refractivity contribution >= 4 is 23.6 Å². The first kappa shape index (κ1) is 12.9. The van der Waals surface area contributed by atoms with Crippen molar-refractivity contribution in [1.29, 1.82) is 0 Å². The van der Waals surface area contributed by atoms with Crippen LogP contribution in [0, 0.1) is 0 Å². The Balaban J connectivity index is 1.66. The monoisotopic (exact) mass is 292 g/mol. The average Bonchev–Trinajstić information content (AvgIpc) is 2.97. The summed E-state index contributed by atoms with van der Waals surface area (Å²) in [6.45, 7) is 1.83. The maximum Gasteiger partial charge on any atom is 0.306 e. The summed E-state index contributed by atoms with van der Waals surface area (Å²) in [6, 6.07) is 3.40. The van der Waals surface area contributed by atoms with Crippen LogP contribution in [0.5, 0.6) is 0 Å². The molecule has 0 unspecified atom stereocenters. The molecule has 0 saturated carbocycles. The van der Waals surface area contributed by atoms with Crippen molar-refractivity contribution in [3.63, 3.8) is 0 Å². The highest BCUT2D eigenvalue weighted by atomic mass is 32.2. The van der Waals surface area contributed by atoms with Crippen LogP contribution in [0.15, 0.2) is 35.2 Å². The zero-order valence-corrected chi connectivity index (χ0v) is 11.5. The molecule has 0 aliphatic carbocycles. The molecule has 0 aromatic carbocycles. The third-order valence-corrected chi connectivity index (χ3v) is 3.84. The fourth-order valence-corrected chi connectivity index (χ4v) is 2.75. The summed E-state index contributed by atoms with van der Waals surface area (Å²) in [5, 5.41) is 8.64. The van der Waals surface area contributed by atoms with Crippen molar-refractivity contribution in [2.24, 2.45) is 0 Å². The molecule has 3 heterocycles. The van der Waals surface area contributed by atoms with Gasteiger partial charge >= 0.3 is 5.88 Å². The van der Waals surface area contributed by atoms with Gasteiger partial charge in [-0.25, -0.2) is 0 Å². The zero-order valence-electron chi connectivity index (χ0n) is 10.7. The van der Waals surface area contributed by atoms with Crippen LogP contribution in [-0.2, 0) is 0 Å². The van der Waals surface area contributed by atoms with Crippen molar-refractivity contribution < 1.29 is 14.1 Å². The standard InChI is InChI=1S/C12H13N5O2S/c18-12(10-2-1-3-13-8-10)14-11-9-17(15-19-11)16-4-6-20-7-5-16/h1-3,8-9H,4-7H2/p+1. The number of nitrogens with one attached hydrogen (secondary N) is 1. The highest BCUT2D eigenvalue weighted by Crippen LogP contribution is 2.08. The number of rotatable bonds is 3. The molecular weight excluding hydrogens is 278 g/mol. The number of nitrogens with zero attached hydrogens (tertiary/aromatic N) is 4. The van der Waals surface area contributed by atoms with E-state index in [0.29, 0.717) is 11.4 Å². The van der Waals surface area contributed by atoms with E-state index in [2.05, 4.69) is 20.6 Å². The molecule has 8 heteroatoms. The molecule has 2 aromatic rings. The van der Waals surface area contributed by atoms with E-state index in [1.54, 1.807) is 29.3 Å². The van der Waals surface area contributed by atoms with Gasteiger partial charge in [-0.1, -0.05) is 0 Å². The minimum Gasteiger partial charge on any atom is -0.285 e. The third kappa shape index (κ3) is 2.90. The fourth-order valence-electron chi connectivity index (χ4n) is 1.87. The maximum absolute atomic E-state index is 11.9. The van der Waals surface area contributed by atoms with Gasteiger partial charge < -0.3 is 0 Å². The number of carbonyl (C=O) groups is 1. The molecule has 7 nitrogen and oxygen atoms in total. The Bertz CT molecular complexity index is 583. The number of amides is 1. The lowest BCUT2D eigenvalue weighted by atomic mass is 10.3. The summed E-state index contributed by atoms with van der Waals surface area (Å²) in [5.74, 6) is 2.18. The summed E-state index contributed by atoms with van der Waals surface area (Å²) in [5.41, 5.74) is 0.477. The van der Waals surface area contributed by atoms with Gasteiger partial charge in [0.2, 0.25) is 5.27 Å². The van der Waals surface area contributed by atoms with E-state index in [9.17, 15) is 4.79 Å². The summed E-state index contributed by atoms with van der Waals surface area (Å²) in [7, 11) is 0. The first-order chi connectivity index (χ1) is 9.83. The van der Waals surface area contributed by atoms with Crippen LogP contribution in [0.1, 0.15) is 10.4 Å². The Hall–Kier alpha value is -2.09. The minimum atomic E-state index is -0.268. The van der Waals surface area contributed by atoms with Gasteiger partial charge in [-0.2, -0.15) is 16.8 Å². The highest BCUT2D eigenvalue weighted by molar-refractivity contribution is 7.99. The molecule has 2 aromatic heterocycles. The smallest absolute Gasteiger partial charge is 0.285 e. The van der Waals surface area contributed by atoms with Gasteiger partial charge in [-0.3, -0.25) is 19.6 Å². The number of anilines is 1. The largest absolute Gasteiger partial charge is 0.306 e. The van der Waals surface area contributed by atoms with E-state index < -0.39 is 0 Å². The molecule has 1 amide bonds. The van der Waals surface area contributed by atoms with Crippen LogP contribution >= 0.6 is 11.8 Å². The van der Waals surface area contributed by atoms with Crippen LogP contribution in [0.3, 0.4) is 0 Å². The minimum absolute atomic E-state index is 0.268. The van der Waals surface area contributed by atoms with Crippen molar-refractivity contribution in [3.05, 3.63) is 36.3 Å². The number of hydrogen-bond acceptors (Lipinski definition) is 6. The van der Waals surface area contributed by atoms with Crippen LogP contribution in [-0.4, -0.2) is 40.8 Å². The lowest BCUT2D eigenvalue weighted by Crippen LogP contribution is -2.61. The molecule has 0 radical (unpaired) electrons. The van der Waals surface area contributed by atoms with E-state index in [-0.39, 0.29) is 5.91 Å². The molecule has 0 atom stereocenters. The van der Waals surface area contributed by atoms with E-state index in [4.69, 9.17) is 4.52 Å². The number of pyridine rings is 1. The van der Waals surface area contributed by atoms with Crippen LogP contribution in [0.25, 0.3) is 0 Å². The van der Waals surface area contributed by atoms with E-state index >= 15 is 0 Å². The summed E-state index contributed by atoms with van der Waals surface area (Å²) in [4.78, 5) is 17.5. The molecule has 0 spiro atoms. The quantitative estimate of drug-likeness (QED) is 0.820. The third-order valence-electron chi connectivity index (χ3n) is 2.89. The van der Waals surface area contributed by atoms with Crippen LogP contribution in [0.4, 0.5) is 5.88 Å². The van der Waals surface area contributed by atoms with Gasteiger partial charge in [0.15, 0.2) is 0 Å². The van der Waals surface area contributed by atoms with Crippen molar-refractivity contribution in [3.8, 4) is 0 Å². The van der Waals surface area contributed by atoms with Crippen molar-refractivity contribution in [2.45, 2.75) is 0 Å². The first-order valence-electron chi connectivity index (χ1n) is 6.26. The van der Waals surface area contributed by atoms with Gasteiger partial charge in [0.25, 0.3) is 12.1 Å². The van der Waals surface area contributed by atoms with Crippen molar-refractivity contribution in [2.75, 3.05) is 34.9 Å². The molecule has 1 N–H and O–H groups in total. The molecule has 1 fully saturated rings. The molecule has 3 rings (SSSR count). The summed E-state index contributed by atoms with van der Waals surface area (Å²) >= 11 is 1.92. The Kier molecular flexibility index (Phi) is 3.82. The number of aromatic nitrogens is 3. The molecule has 1 saturated heterocycles. The lowest BCUT2D eigenvalue weighted by molar-refractivity contribution is -0.757. The molecule has 20 heavy (non-hydrogen) atoms. The normalized spacial score (nSPS) is 15.1. The predicted octanol–water partition coefficient (Wildman–Crippen LogP) is 0.294. The predicted molar refractivity (Wildman–Crippen MR) is 74.2 cm³/mol. The second-order valence-electron chi connectivity index (χ2n) is 4.25. The van der Waals surface area contributed by atoms with E-state index in [1.165, 1.54) is 6.20 Å². The molecule has 104 valence electrons. The highest BCUT2D eigenvalue weighted by Gasteiger charge is 2.23.